The second-order valence-corrected chi connectivity index (χ2v) is 7.06. The van der Waals surface area contributed by atoms with Gasteiger partial charge in [0.15, 0.2) is 3.79 Å². The molecule has 0 amide bonds. The fraction of sp³-hybridized carbons (Fsp3) is 0.500. The van der Waals surface area contributed by atoms with Gasteiger partial charge in [0.2, 0.25) is 0 Å². The quantitative estimate of drug-likeness (QED) is 0.465. The summed E-state index contributed by atoms with van der Waals surface area (Å²) in [4.78, 5) is 11.1. The van der Waals surface area contributed by atoms with Gasteiger partial charge < -0.3 is 9.31 Å². The van der Waals surface area contributed by atoms with E-state index in [2.05, 4.69) is 0 Å². The van der Waals surface area contributed by atoms with E-state index in [9.17, 15) is 4.79 Å². The van der Waals surface area contributed by atoms with Crippen LogP contribution in [0.2, 0.25) is 0 Å². The van der Waals surface area contributed by atoms with Crippen LogP contribution in [-0.4, -0.2) is 22.1 Å². The first-order valence-corrected chi connectivity index (χ1v) is 7.42. The number of halogens is 1. The molecule has 2 rings (SSSR count). The summed E-state index contributed by atoms with van der Waals surface area (Å²) in [5, 5.41) is 0. The highest BCUT2D eigenvalue weighted by atomic mass is 127. The van der Waals surface area contributed by atoms with E-state index in [-0.39, 0.29) is 22.1 Å². The van der Waals surface area contributed by atoms with Crippen LogP contribution in [0, 0.1) is 0 Å². The SMILES string of the molecule is CC1(C)OB(c2ccc(CC(=O)I)cc2)OC1(C)C. The van der Waals surface area contributed by atoms with Gasteiger partial charge in [0, 0.05) is 6.42 Å². The molecule has 1 aliphatic rings. The van der Waals surface area contributed by atoms with Gasteiger partial charge in [-0.15, -0.1) is 0 Å². The molecule has 19 heavy (non-hydrogen) atoms. The van der Waals surface area contributed by atoms with Crippen molar-refractivity contribution in [3.8, 4) is 0 Å². The maximum Gasteiger partial charge on any atom is 0.494 e. The van der Waals surface area contributed by atoms with Gasteiger partial charge in [-0.1, -0.05) is 24.3 Å². The lowest BCUT2D eigenvalue weighted by Crippen LogP contribution is -2.41. The molecule has 0 N–H and O–H groups in total. The number of hydrogen-bond donors (Lipinski definition) is 0. The van der Waals surface area contributed by atoms with Crippen molar-refractivity contribution in [1.29, 1.82) is 0 Å². The van der Waals surface area contributed by atoms with Gasteiger partial charge in [0.25, 0.3) is 0 Å². The first-order chi connectivity index (χ1) is 8.71. The van der Waals surface area contributed by atoms with Crippen LogP contribution in [0.3, 0.4) is 0 Å². The van der Waals surface area contributed by atoms with E-state index in [1.54, 1.807) is 0 Å². The lowest BCUT2D eigenvalue weighted by atomic mass is 9.79. The number of carbonyl (C=O) groups is 1. The number of rotatable bonds is 3. The van der Waals surface area contributed by atoms with Gasteiger partial charge in [0.1, 0.15) is 0 Å². The van der Waals surface area contributed by atoms with Gasteiger partial charge in [-0.2, -0.15) is 0 Å². The zero-order chi connectivity index (χ0) is 14.3. The van der Waals surface area contributed by atoms with Crippen LogP contribution in [0.5, 0.6) is 0 Å². The Labute approximate surface area is 128 Å². The fourth-order valence-corrected chi connectivity index (χ4v) is 2.37. The van der Waals surface area contributed by atoms with Crippen molar-refractivity contribution in [2.75, 3.05) is 0 Å². The summed E-state index contributed by atoms with van der Waals surface area (Å²) in [6.07, 6.45) is 0.463. The molecule has 1 heterocycles. The van der Waals surface area contributed by atoms with Crippen molar-refractivity contribution < 1.29 is 14.1 Å². The molecule has 0 bridgehead atoms. The highest BCUT2D eigenvalue weighted by molar-refractivity contribution is 14.1. The number of benzene rings is 1. The van der Waals surface area contributed by atoms with Crippen LogP contribution in [-0.2, 0) is 20.5 Å². The zero-order valence-electron chi connectivity index (χ0n) is 11.7. The van der Waals surface area contributed by atoms with Crippen molar-refractivity contribution in [2.45, 2.75) is 45.3 Å². The van der Waals surface area contributed by atoms with Crippen LogP contribution < -0.4 is 5.46 Å². The molecule has 0 aliphatic carbocycles. The number of carbonyl (C=O) groups excluding carboxylic acids is 1. The molecule has 1 aromatic rings. The monoisotopic (exact) mass is 372 g/mol. The normalized spacial score (nSPS) is 20.6. The van der Waals surface area contributed by atoms with Gasteiger partial charge in [0.05, 0.1) is 11.2 Å². The molecule has 5 heteroatoms. The Morgan fingerprint density at radius 1 is 1.11 bits per heavy atom. The second-order valence-electron chi connectivity index (χ2n) is 5.86. The molecular formula is C14H18BIO3. The van der Waals surface area contributed by atoms with Crippen molar-refractivity contribution in [2.24, 2.45) is 0 Å². The minimum Gasteiger partial charge on any atom is -0.399 e. The van der Waals surface area contributed by atoms with Crippen LogP contribution in [0.4, 0.5) is 0 Å². The summed E-state index contributed by atoms with van der Waals surface area (Å²) in [5.41, 5.74) is 1.35. The highest BCUT2D eigenvalue weighted by Crippen LogP contribution is 2.36. The van der Waals surface area contributed by atoms with E-state index in [1.807, 2.05) is 74.6 Å². The minimum absolute atomic E-state index is 0.140. The summed E-state index contributed by atoms with van der Waals surface area (Å²) in [7, 11) is -0.339. The van der Waals surface area contributed by atoms with Crippen molar-refractivity contribution in [3.05, 3.63) is 29.8 Å². The molecular weight excluding hydrogens is 354 g/mol. The number of hydrogen-bond acceptors (Lipinski definition) is 3. The predicted octanol–water partition coefficient (Wildman–Crippen LogP) is 2.49. The smallest absolute Gasteiger partial charge is 0.399 e. The van der Waals surface area contributed by atoms with E-state index in [1.165, 1.54) is 0 Å². The maximum atomic E-state index is 11.1. The highest BCUT2D eigenvalue weighted by Gasteiger charge is 2.51. The second kappa shape index (κ2) is 5.18. The molecule has 0 saturated carbocycles. The zero-order valence-corrected chi connectivity index (χ0v) is 13.9. The van der Waals surface area contributed by atoms with Crippen molar-refractivity contribution >= 4 is 39.0 Å². The van der Waals surface area contributed by atoms with Gasteiger partial charge >= 0.3 is 7.12 Å². The molecule has 0 aromatic heterocycles. The largest absolute Gasteiger partial charge is 0.494 e. The summed E-state index contributed by atoms with van der Waals surface area (Å²) < 4.78 is 12.1. The Balaban J connectivity index is 2.14. The van der Waals surface area contributed by atoms with E-state index in [0.717, 1.165) is 11.0 Å². The third-order valence-corrected chi connectivity index (χ3v) is 4.23. The summed E-state index contributed by atoms with van der Waals surface area (Å²) in [6.45, 7) is 8.15. The van der Waals surface area contributed by atoms with Crippen LogP contribution >= 0.6 is 22.6 Å². The molecule has 0 spiro atoms. The Hall–Kier alpha value is -0.395. The lowest BCUT2D eigenvalue weighted by molar-refractivity contribution is -0.108. The Morgan fingerprint density at radius 2 is 1.58 bits per heavy atom. The maximum absolute atomic E-state index is 11.1. The molecule has 1 aromatic carbocycles. The van der Waals surface area contributed by atoms with E-state index < -0.39 is 0 Å². The third-order valence-electron chi connectivity index (χ3n) is 3.85. The van der Waals surface area contributed by atoms with Crippen LogP contribution in [0.1, 0.15) is 33.3 Å². The average Bonchev–Trinajstić information content (AvgIpc) is 2.48. The molecule has 102 valence electrons. The molecule has 1 aliphatic heterocycles. The summed E-state index contributed by atoms with van der Waals surface area (Å²) in [5.74, 6) is 0. The molecule has 0 unspecified atom stereocenters. The van der Waals surface area contributed by atoms with E-state index in [0.29, 0.717) is 6.42 Å². The molecule has 3 nitrogen and oxygen atoms in total. The lowest BCUT2D eigenvalue weighted by Gasteiger charge is -2.32. The predicted molar refractivity (Wildman–Crippen MR) is 84.9 cm³/mol. The van der Waals surface area contributed by atoms with E-state index >= 15 is 0 Å². The van der Waals surface area contributed by atoms with Gasteiger partial charge in [-0.05, 0) is 61.3 Å². The molecule has 1 fully saturated rings. The molecule has 1 saturated heterocycles. The Kier molecular flexibility index (Phi) is 4.09. The van der Waals surface area contributed by atoms with Gasteiger partial charge in [-0.25, -0.2) is 0 Å². The van der Waals surface area contributed by atoms with Gasteiger partial charge in [-0.3, -0.25) is 4.79 Å². The Bertz CT molecular complexity index is 466. The van der Waals surface area contributed by atoms with Crippen molar-refractivity contribution in [3.63, 3.8) is 0 Å². The molecule has 0 atom stereocenters. The average molecular weight is 372 g/mol. The third kappa shape index (κ3) is 3.20. The summed E-state index contributed by atoms with van der Waals surface area (Å²) >= 11 is 1.81. The first kappa shape index (κ1) is 15.0. The minimum atomic E-state index is -0.339. The molecule has 0 radical (unpaired) electrons. The van der Waals surface area contributed by atoms with Crippen LogP contribution in [0.15, 0.2) is 24.3 Å². The van der Waals surface area contributed by atoms with E-state index in [4.69, 9.17) is 9.31 Å². The fourth-order valence-electron chi connectivity index (χ4n) is 1.93. The standard InChI is InChI=1S/C14H18BIO3/c1-13(2)14(3,4)19-15(18-13)11-7-5-10(6-8-11)9-12(16)17/h5-8H,9H2,1-4H3. The summed E-state index contributed by atoms with van der Waals surface area (Å²) in [6, 6.07) is 7.85. The first-order valence-electron chi connectivity index (χ1n) is 6.34. The van der Waals surface area contributed by atoms with Crippen LogP contribution in [0.25, 0.3) is 0 Å². The topological polar surface area (TPSA) is 35.5 Å². The Morgan fingerprint density at radius 3 is 2.00 bits per heavy atom. The van der Waals surface area contributed by atoms with Crippen molar-refractivity contribution in [1.82, 2.24) is 0 Å².